The Balaban J connectivity index is 2.72. The molecule has 3 nitrogen and oxygen atoms in total. The summed E-state index contributed by atoms with van der Waals surface area (Å²) >= 11 is 5.15. The van der Waals surface area contributed by atoms with Crippen LogP contribution in [-0.4, -0.2) is 23.6 Å². The first-order chi connectivity index (χ1) is 7.29. The zero-order chi connectivity index (χ0) is 11.1. The van der Waals surface area contributed by atoms with E-state index in [-0.39, 0.29) is 6.10 Å². The average molecular weight is 220 g/mol. The fraction of sp³-hybridized carbons (Fsp3) is 0.273. The van der Waals surface area contributed by atoms with Crippen molar-refractivity contribution in [1.29, 1.82) is 0 Å². The predicted molar refractivity (Wildman–Crippen MR) is 63.4 cm³/mol. The molecule has 1 rings (SSSR count). The van der Waals surface area contributed by atoms with Crippen LogP contribution in [-0.2, 0) is 4.74 Å². The van der Waals surface area contributed by atoms with E-state index in [2.05, 4.69) is 16.2 Å². The Morgan fingerprint density at radius 3 is 3.07 bits per heavy atom. The number of terminal acetylenes is 1. The summed E-state index contributed by atoms with van der Waals surface area (Å²) < 4.78 is 5.26. The van der Waals surface area contributed by atoms with Gasteiger partial charge in [-0.15, -0.1) is 6.42 Å². The zero-order valence-electron chi connectivity index (χ0n) is 8.43. The molecule has 0 aromatic carbocycles. The van der Waals surface area contributed by atoms with Gasteiger partial charge in [0.1, 0.15) is 11.1 Å². The second-order valence-corrected chi connectivity index (χ2v) is 3.23. The van der Waals surface area contributed by atoms with Gasteiger partial charge in [-0.1, -0.05) is 24.2 Å². The van der Waals surface area contributed by atoms with Gasteiger partial charge in [-0.25, -0.2) is 0 Å². The number of aromatic nitrogens is 1. The van der Waals surface area contributed by atoms with Gasteiger partial charge in [-0.05, 0) is 12.1 Å². The van der Waals surface area contributed by atoms with Crippen molar-refractivity contribution in [3.63, 3.8) is 0 Å². The van der Waals surface area contributed by atoms with Crippen molar-refractivity contribution >= 4 is 17.2 Å². The van der Waals surface area contributed by atoms with Gasteiger partial charge in [0.25, 0.3) is 0 Å². The molecule has 0 bridgehead atoms. The van der Waals surface area contributed by atoms with E-state index in [0.717, 1.165) is 5.69 Å². The molecule has 78 valence electrons. The Labute approximate surface area is 94.9 Å². The number of methoxy groups -OCH3 is 1. The lowest BCUT2D eigenvalue weighted by atomic mass is 10.2. The van der Waals surface area contributed by atoms with Gasteiger partial charge in [0, 0.05) is 13.3 Å². The molecule has 1 N–H and O–H groups in total. The molecule has 1 atom stereocenters. The highest BCUT2D eigenvalue weighted by molar-refractivity contribution is 7.80. The first-order valence-electron chi connectivity index (χ1n) is 4.44. The zero-order valence-corrected chi connectivity index (χ0v) is 9.25. The minimum absolute atomic E-state index is 0.338. The third-order valence-electron chi connectivity index (χ3n) is 1.79. The van der Waals surface area contributed by atoms with Crippen molar-refractivity contribution < 1.29 is 4.74 Å². The highest BCUT2D eigenvalue weighted by atomic mass is 32.1. The lowest BCUT2D eigenvalue weighted by Gasteiger charge is -2.16. The van der Waals surface area contributed by atoms with Gasteiger partial charge in [0.05, 0.1) is 12.2 Å². The van der Waals surface area contributed by atoms with E-state index < -0.39 is 0 Å². The molecule has 0 spiro atoms. The van der Waals surface area contributed by atoms with Crippen molar-refractivity contribution in [2.24, 2.45) is 0 Å². The van der Waals surface area contributed by atoms with Crippen molar-refractivity contribution in [1.82, 2.24) is 10.3 Å². The highest BCUT2D eigenvalue weighted by Gasteiger charge is 2.16. The molecule has 1 aromatic heterocycles. The Hall–Kier alpha value is -1.44. The van der Waals surface area contributed by atoms with E-state index in [1.165, 1.54) is 0 Å². The van der Waals surface area contributed by atoms with Crippen LogP contribution in [0.2, 0.25) is 0 Å². The van der Waals surface area contributed by atoms with Crippen molar-refractivity contribution in [3.05, 3.63) is 30.1 Å². The van der Waals surface area contributed by atoms with Gasteiger partial charge in [-0.2, -0.15) is 0 Å². The summed E-state index contributed by atoms with van der Waals surface area (Å²) in [7, 11) is 1.59. The highest BCUT2D eigenvalue weighted by Crippen LogP contribution is 2.14. The average Bonchev–Trinajstić information content (AvgIpc) is 2.29. The molecule has 1 heterocycles. The topological polar surface area (TPSA) is 34.1 Å². The Bertz CT molecular complexity index is 359. The van der Waals surface area contributed by atoms with Crippen molar-refractivity contribution in [2.45, 2.75) is 6.10 Å². The van der Waals surface area contributed by atoms with Crippen molar-refractivity contribution in [2.75, 3.05) is 13.7 Å². The van der Waals surface area contributed by atoms with E-state index in [4.69, 9.17) is 23.4 Å². The number of nitrogens with one attached hydrogen (secondary N) is 1. The number of hydrogen-bond acceptors (Lipinski definition) is 3. The predicted octanol–water partition coefficient (Wildman–Crippen LogP) is 1.32. The molecule has 0 aliphatic rings. The molecule has 0 aliphatic carbocycles. The summed E-state index contributed by atoms with van der Waals surface area (Å²) in [6, 6.07) is 5.59. The normalized spacial score (nSPS) is 11.5. The Morgan fingerprint density at radius 2 is 2.53 bits per heavy atom. The Kier molecular flexibility index (Phi) is 4.75. The summed E-state index contributed by atoms with van der Waals surface area (Å²) in [4.78, 5) is 4.73. The van der Waals surface area contributed by atoms with Crippen LogP contribution < -0.4 is 5.32 Å². The maximum Gasteiger partial charge on any atom is 0.149 e. The molecule has 4 heteroatoms. The molecular formula is C11H12N2OS. The maximum atomic E-state index is 5.26. The molecule has 1 unspecified atom stereocenters. The van der Waals surface area contributed by atoms with Gasteiger partial charge < -0.3 is 10.1 Å². The van der Waals surface area contributed by atoms with E-state index in [1.54, 1.807) is 13.3 Å². The maximum absolute atomic E-state index is 5.26. The van der Waals surface area contributed by atoms with Crippen LogP contribution in [0.3, 0.4) is 0 Å². The molecule has 0 aliphatic heterocycles. The van der Waals surface area contributed by atoms with Crippen LogP contribution in [0.25, 0.3) is 0 Å². The molecule has 0 amide bonds. The van der Waals surface area contributed by atoms with Crippen LogP contribution in [0, 0.1) is 12.3 Å². The second-order valence-electron chi connectivity index (χ2n) is 2.79. The fourth-order valence-electron chi connectivity index (χ4n) is 1.12. The summed E-state index contributed by atoms with van der Waals surface area (Å²) in [6.07, 6.45) is 6.49. The number of rotatable bonds is 4. The van der Waals surface area contributed by atoms with Gasteiger partial charge >= 0.3 is 0 Å². The molecule has 0 saturated carbocycles. The van der Waals surface area contributed by atoms with Crippen molar-refractivity contribution in [3.8, 4) is 12.3 Å². The first kappa shape index (κ1) is 11.6. The minimum Gasteiger partial charge on any atom is -0.368 e. The van der Waals surface area contributed by atoms with Crippen LogP contribution in [0.1, 0.15) is 11.8 Å². The third-order valence-corrected chi connectivity index (χ3v) is 2.15. The van der Waals surface area contributed by atoms with Crippen LogP contribution in [0.15, 0.2) is 24.4 Å². The van der Waals surface area contributed by atoms with E-state index in [0.29, 0.717) is 11.5 Å². The van der Waals surface area contributed by atoms with E-state index in [9.17, 15) is 0 Å². The lowest BCUT2D eigenvalue weighted by Crippen LogP contribution is -2.29. The third kappa shape index (κ3) is 3.31. The van der Waals surface area contributed by atoms with E-state index in [1.807, 2.05) is 18.2 Å². The fourth-order valence-corrected chi connectivity index (χ4v) is 1.41. The SMILES string of the molecule is C#CCNC(=S)C(OC)c1ccccn1. The number of pyridine rings is 1. The summed E-state index contributed by atoms with van der Waals surface area (Å²) in [6.45, 7) is 0.394. The molecule has 0 saturated heterocycles. The monoisotopic (exact) mass is 220 g/mol. The van der Waals surface area contributed by atoms with Gasteiger partial charge in [0.2, 0.25) is 0 Å². The number of ether oxygens (including phenoxy) is 1. The molecule has 1 aromatic rings. The van der Waals surface area contributed by atoms with Gasteiger partial charge in [0.15, 0.2) is 0 Å². The quantitative estimate of drug-likeness (QED) is 0.613. The number of hydrogen-bond donors (Lipinski definition) is 1. The second kappa shape index (κ2) is 6.12. The standard InChI is InChI=1S/C11H12N2OS/c1-3-7-13-11(15)10(14-2)9-6-4-5-8-12-9/h1,4-6,8,10H,7H2,2H3,(H,13,15). The number of thiocarbonyl (C=S) groups is 1. The van der Waals surface area contributed by atoms with Crippen LogP contribution in [0.5, 0.6) is 0 Å². The van der Waals surface area contributed by atoms with Crippen LogP contribution >= 0.6 is 12.2 Å². The lowest BCUT2D eigenvalue weighted by molar-refractivity contribution is 0.153. The minimum atomic E-state index is -0.338. The van der Waals surface area contributed by atoms with E-state index >= 15 is 0 Å². The largest absolute Gasteiger partial charge is 0.368 e. The summed E-state index contributed by atoms with van der Waals surface area (Å²) in [5.41, 5.74) is 0.773. The Morgan fingerprint density at radius 1 is 1.73 bits per heavy atom. The molecular weight excluding hydrogens is 208 g/mol. The molecule has 15 heavy (non-hydrogen) atoms. The summed E-state index contributed by atoms with van der Waals surface area (Å²) in [5, 5.41) is 2.91. The molecule has 0 fully saturated rings. The van der Waals surface area contributed by atoms with Crippen LogP contribution in [0.4, 0.5) is 0 Å². The smallest absolute Gasteiger partial charge is 0.149 e. The first-order valence-corrected chi connectivity index (χ1v) is 4.85. The summed E-state index contributed by atoms with van der Waals surface area (Å²) in [5.74, 6) is 2.45. The number of nitrogens with zero attached hydrogens (tertiary/aromatic N) is 1. The molecule has 0 radical (unpaired) electrons. The van der Waals surface area contributed by atoms with Gasteiger partial charge in [-0.3, -0.25) is 4.98 Å².